The van der Waals surface area contributed by atoms with E-state index in [0.29, 0.717) is 37.0 Å². The van der Waals surface area contributed by atoms with Crippen LogP contribution in [0, 0.1) is 0 Å². The number of fused-ring (bicyclic) bond motifs is 2. The molecule has 0 unspecified atom stereocenters. The predicted octanol–water partition coefficient (Wildman–Crippen LogP) is 3.81. The second-order valence-electron chi connectivity index (χ2n) is 7.75. The SMILES string of the molecule is O=C(Nc1cc(Cl)ccc1N1CCOCC1)c1ccc2c(c1)S(=O)(=O)c1ccccc1C2=O. The zero-order valence-electron chi connectivity index (χ0n) is 17.4. The van der Waals surface area contributed by atoms with Gasteiger partial charge in [-0.1, -0.05) is 23.7 Å². The molecule has 1 amide bonds. The summed E-state index contributed by atoms with van der Waals surface area (Å²) in [6.07, 6.45) is 0. The number of hydrogen-bond donors (Lipinski definition) is 1. The van der Waals surface area contributed by atoms with Gasteiger partial charge in [-0.05, 0) is 48.5 Å². The minimum atomic E-state index is -3.94. The first kappa shape index (κ1) is 21.6. The monoisotopic (exact) mass is 482 g/mol. The molecule has 2 heterocycles. The Labute approximate surface area is 195 Å². The van der Waals surface area contributed by atoms with Crippen LogP contribution in [0.3, 0.4) is 0 Å². The fourth-order valence-electron chi connectivity index (χ4n) is 4.11. The van der Waals surface area contributed by atoms with Crippen LogP contribution in [0.1, 0.15) is 26.3 Å². The van der Waals surface area contributed by atoms with Gasteiger partial charge in [0.15, 0.2) is 5.78 Å². The van der Waals surface area contributed by atoms with Gasteiger partial charge in [0, 0.05) is 34.8 Å². The second-order valence-corrected chi connectivity index (χ2v) is 10.1. The van der Waals surface area contributed by atoms with E-state index < -0.39 is 15.7 Å². The van der Waals surface area contributed by atoms with Crippen molar-refractivity contribution >= 4 is 44.5 Å². The van der Waals surface area contributed by atoms with E-state index in [2.05, 4.69) is 10.2 Å². The number of anilines is 2. The van der Waals surface area contributed by atoms with Crippen molar-refractivity contribution in [3.63, 3.8) is 0 Å². The van der Waals surface area contributed by atoms with Crippen LogP contribution in [0.4, 0.5) is 11.4 Å². The van der Waals surface area contributed by atoms with E-state index in [1.54, 1.807) is 24.3 Å². The summed E-state index contributed by atoms with van der Waals surface area (Å²) in [5.41, 5.74) is 1.62. The maximum absolute atomic E-state index is 13.2. The van der Waals surface area contributed by atoms with Gasteiger partial charge in [-0.25, -0.2) is 8.42 Å². The average Bonchev–Trinajstić information content (AvgIpc) is 2.83. The maximum atomic E-state index is 13.2. The molecule has 2 aliphatic rings. The Balaban J connectivity index is 1.50. The number of halogens is 1. The normalized spacial score (nSPS) is 16.6. The van der Waals surface area contributed by atoms with Crippen molar-refractivity contribution in [2.45, 2.75) is 9.79 Å². The fraction of sp³-hybridized carbons (Fsp3) is 0.167. The molecule has 2 aliphatic heterocycles. The Bertz CT molecular complexity index is 1400. The van der Waals surface area contributed by atoms with Gasteiger partial charge >= 0.3 is 0 Å². The summed E-state index contributed by atoms with van der Waals surface area (Å²) in [5, 5.41) is 3.30. The first-order valence-electron chi connectivity index (χ1n) is 10.3. The zero-order valence-corrected chi connectivity index (χ0v) is 18.9. The number of carbonyl (C=O) groups is 2. The number of nitrogens with one attached hydrogen (secondary N) is 1. The van der Waals surface area contributed by atoms with Gasteiger partial charge in [0.1, 0.15) is 0 Å². The predicted molar refractivity (Wildman–Crippen MR) is 124 cm³/mol. The van der Waals surface area contributed by atoms with E-state index in [9.17, 15) is 18.0 Å². The number of ether oxygens (including phenoxy) is 1. The quantitative estimate of drug-likeness (QED) is 0.477. The number of benzene rings is 3. The van der Waals surface area contributed by atoms with Crippen LogP contribution in [-0.4, -0.2) is 46.4 Å². The molecule has 0 saturated carbocycles. The molecule has 0 radical (unpaired) electrons. The van der Waals surface area contributed by atoms with E-state index in [-0.39, 0.29) is 32.3 Å². The lowest BCUT2D eigenvalue weighted by Crippen LogP contribution is -2.36. The Kier molecular flexibility index (Phi) is 5.44. The van der Waals surface area contributed by atoms with Crippen molar-refractivity contribution < 1.29 is 22.7 Å². The summed E-state index contributed by atoms with van der Waals surface area (Å²) in [6, 6.07) is 15.4. The number of nitrogens with zero attached hydrogens (tertiary/aromatic N) is 1. The van der Waals surface area contributed by atoms with Gasteiger partial charge in [-0.15, -0.1) is 0 Å². The van der Waals surface area contributed by atoms with Crippen LogP contribution in [0.5, 0.6) is 0 Å². The Morgan fingerprint density at radius 1 is 0.939 bits per heavy atom. The van der Waals surface area contributed by atoms with Crippen molar-refractivity contribution in [3.05, 3.63) is 82.4 Å². The highest BCUT2D eigenvalue weighted by Gasteiger charge is 2.35. The molecule has 9 heteroatoms. The zero-order chi connectivity index (χ0) is 23.2. The smallest absolute Gasteiger partial charge is 0.255 e. The van der Waals surface area contributed by atoms with Gasteiger partial charge in [0.25, 0.3) is 5.91 Å². The molecule has 1 saturated heterocycles. The van der Waals surface area contributed by atoms with Gasteiger partial charge in [0.2, 0.25) is 9.84 Å². The first-order chi connectivity index (χ1) is 15.9. The van der Waals surface area contributed by atoms with Crippen LogP contribution < -0.4 is 10.2 Å². The molecular formula is C24H19ClN2O5S. The van der Waals surface area contributed by atoms with Crippen LogP contribution in [-0.2, 0) is 14.6 Å². The third-order valence-electron chi connectivity index (χ3n) is 5.76. The molecule has 0 aromatic heterocycles. The van der Waals surface area contributed by atoms with Crippen LogP contribution in [0.15, 0.2) is 70.5 Å². The number of sulfone groups is 1. The van der Waals surface area contributed by atoms with Gasteiger partial charge in [-0.3, -0.25) is 9.59 Å². The molecule has 1 fully saturated rings. The van der Waals surface area contributed by atoms with Gasteiger partial charge in [0.05, 0.1) is 34.4 Å². The topological polar surface area (TPSA) is 92.8 Å². The minimum Gasteiger partial charge on any atom is -0.378 e. The van der Waals surface area contributed by atoms with Crippen molar-refractivity contribution in [3.8, 4) is 0 Å². The first-order valence-corrected chi connectivity index (χ1v) is 12.2. The number of amides is 1. The van der Waals surface area contributed by atoms with Crippen molar-refractivity contribution in [1.29, 1.82) is 0 Å². The molecule has 0 atom stereocenters. The summed E-state index contributed by atoms with van der Waals surface area (Å²) < 4.78 is 31.7. The molecule has 5 rings (SSSR count). The van der Waals surface area contributed by atoms with E-state index >= 15 is 0 Å². The minimum absolute atomic E-state index is 0.0514. The molecule has 0 bridgehead atoms. The largest absolute Gasteiger partial charge is 0.378 e. The average molecular weight is 483 g/mol. The molecule has 3 aromatic rings. The van der Waals surface area contributed by atoms with Gasteiger partial charge < -0.3 is 15.0 Å². The summed E-state index contributed by atoms with van der Waals surface area (Å²) in [7, 11) is -3.94. The lowest BCUT2D eigenvalue weighted by Gasteiger charge is -2.30. The molecular weight excluding hydrogens is 464 g/mol. The lowest BCUT2D eigenvalue weighted by atomic mass is 10.0. The molecule has 0 spiro atoms. The molecule has 3 aromatic carbocycles. The van der Waals surface area contributed by atoms with Crippen molar-refractivity contribution in [2.75, 3.05) is 36.5 Å². The Morgan fingerprint density at radius 2 is 1.67 bits per heavy atom. The fourth-order valence-corrected chi connectivity index (χ4v) is 5.96. The van der Waals surface area contributed by atoms with Crippen molar-refractivity contribution in [1.82, 2.24) is 0 Å². The summed E-state index contributed by atoms with van der Waals surface area (Å²) in [4.78, 5) is 27.8. The lowest BCUT2D eigenvalue weighted by molar-refractivity contribution is 0.101. The molecule has 7 nitrogen and oxygen atoms in total. The number of carbonyl (C=O) groups excluding carboxylic acids is 2. The molecule has 33 heavy (non-hydrogen) atoms. The molecule has 168 valence electrons. The number of hydrogen-bond acceptors (Lipinski definition) is 6. The highest BCUT2D eigenvalue weighted by atomic mass is 35.5. The third kappa shape index (κ3) is 3.80. The summed E-state index contributed by atoms with van der Waals surface area (Å²) >= 11 is 6.17. The maximum Gasteiger partial charge on any atom is 0.255 e. The van der Waals surface area contributed by atoms with E-state index in [1.165, 1.54) is 30.3 Å². The third-order valence-corrected chi connectivity index (χ3v) is 7.84. The second kappa shape index (κ2) is 8.30. The number of morpholine rings is 1. The van der Waals surface area contributed by atoms with Crippen molar-refractivity contribution in [2.24, 2.45) is 0 Å². The molecule has 1 N–H and O–H groups in total. The van der Waals surface area contributed by atoms with E-state index in [4.69, 9.17) is 16.3 Å². The number of rotatable bonds is 3. The standard InChI is InChI=1S/C24H19ClN2O5S/c25-16-6-8-20(27-9-11-32-12-10-27)19(14-16)26-24(29)15-5-7-18-22(13-15)33(30,31)21-4-2-1-3-17(21)23(18)28/h1-8,13-14H,9-12H2,(H,26,29). The Morgan fingerprint density at radius 3 is 2.45 bits per heavy atom. The summed E-state index contributed by atoms with van der Waals surface area (Å²) in [5.74, 6) is -0.886. The van der Waals surface area contributed by atoms with E-state index in [0.717, 1.165) is 5.69 Å². The highest BCUT2D eigenvalue weighted by Crippen LogP contribution is 2.35. The van der Waals surface area contributed by atoms with E-state index in [1.807, 2.05) is 6.07 Å². The molecule has 0 aliphatic carbocycles. The number of ketones is 1. The summed E-state index contributed by atoms with van der Waals surface area (Å²) in [6.45, 7) is 2.49. The van der Waals surface area contributed by atoms with Gasteiger partial charge in [-0.2, -0.15) is 0 Å². The van der Waals surface area contributed by atoms with Crippen LogP contribution >= 0.6 is 11.6 Å². The van der Waals surface area contributed by atoms with Crippen LogP contribution in [0.25, 0.3) is 0 Å². The Hall–Kier alpha value is -3.20. The highest BCUT2D eigenvalue weighted by molar-refractivity contribution is 7.91. The van der Waals surface area contributed by atoms with Crippen LogP contribution in [0.2, 0.25) is 5.02 Å².